The molecule has 0 aromatic heterocycles. The molecule has 0 radical (unpaired) electrons. The quantitative estimate of drug-likeness (QED) is 0.269. The smallest absolute Gasteiger partial charge is 0.322 e. The number of urea groups is 1. The molecule has 9 nitrogen and oxygen atoms in total. The summed E-state index contributed by atoms with van der Waals surface area (Å²) in [5.74, 6) is -9.32. The molecule has 232 valence electrons. The van der Waals surface area contributed by atoms with Crippen LogP contribution in [0.4, 0.5) is 25.0 Å². The van der Waals surface area contributed by atoms with Crippen LogP contribution in [0.3, 0.4) is 0 Å². The molecule has 2 aliphatic heterocycles. The molecule has 2 aliphatic rings. The Morgan fingerprint density at radius 3 is 2.23 bits per heavy atom. The number of rotatable bonds is 5. The fourth-order valence-corrected chi connectivity index (χ4v) is 6.14. The monoisotopic (exact) mass is 679 g/mol. The van der Waals surface area contributed by atoms with Crippen molar-refractivity contribution in [2.45, 2.75) is 45.1 Å². The number of halogens is 6. The lowest BCUT2D eigenvalue weighted by atomic mass is 9.77. The highest BCUT2D eigenvalue weighted by molar-refractivity contribution is 6.37. The maximum atomic E-state index is 15.0. The van der Waals surface area contributed by atoms with E-state index in [1.165, 1.54) is 37.4 Å². The molecule has 2 aromatic rings. The van der Waals surface area contributed by atoms with Crippen molar-refractivity contribution in [3.63, 3.8) is 0 Å². The fourth-order valence-electron chi connectivity index (χ4n) is 5.07. The highest BCUT2D eigenvalue weighted by atomic mass is 35.5. The average molecular weight is 681 g/mol. The second-order valence-corrected chi connectivity index (χ2v) is 13.0. The summed E-state index contributed by atoms with van der Waals surface area (Å²) in [6.45, 7) is 2.93. The van der Waals surface area contributed by atoms with Crippen LogP contribution < -0.4 is 10.2 Å². The Labute approximate surface area is 266 Å². The van der Waals surface area contributed by atoms with Crippen molar-refractivity contribution in [3.8, 4) is 0 Å². The molecule has 1 fully saturated rings. The van der Waals surface area contributed by atoms with Crippen LogP contribution in [-0.4, -0.2) is 61.1 Å². The van der Waals surface area contributed by atoms with Crippen molar-refractivity contribution in [3.05, 3.63) is 56.0 Å². The second-order valence-electron chi connectivity index (χ2n) is 11.3. The van der Waals surface area contributed by atoms with Gasteiger partial charge in [-0.3, -0.25) is 14.4 Å². The van der Waals surface area contributed by atoms with Gasteiger partial charge in [0.2, 0.25) is 12.7 Å². The predicted octanol–water partition coefficient (Wildman–Crippen LogP) is 7.01. The largest absolute Gasteiger partial charge is 0.427 e. The van der Waals surface area contributed by atoms with E-state index in [1.54, 1.807) is 20.8 Å². The van der Waals surface area contributed by atoms with Gasteiger partial charge in [0.1, 0.15) is 0 Å². The first-order valence-electron chi connectivity index (χ1n) is 12.9. The van der Waals surface area contributed by atoms with Gasteiger partial charge in [-0.2, -0.15) is 0 Å². The molecule has 0 bridgehead atoms. The van der Waals surface area contributed by atoms with E-state index >= 15 is 0 Å². The van der Waals surface area contributed by atoms with Gasteiger partial charge in [-0.15, -0.1) is 0 Å². The first-order chi connectivity index (χ1) is 19.9. The lowest BCUT2D eigenvalue weighted by Crippen LogP contribution is -2.53. The average Bonchev–Trinajstić information content (AvgIpc) is 3.20. The van der Waals surface area contributed by atoms with Gasteiger partial charge in [0, 0.05) is 34.2 Å². The van der Waals surface area contributed by atoms with E-state index in [0.717, 1.165) is 9.80 Å². The van der Waals surface area contributed by atoms with Gasteiger partial charge in [0.15, 0.2) is 0 Å². The Hall–Kier alpha value is -2.86. The fraction of sp³-hybridized carbons (Fsp3) is 0.429. The molecule has 4 rings (SSSR count). The van der Waals surface area contributed by atoms with Crippen molar-refractivity contribution in [1.29, 1.82) is 0 Å². The molecule has 43 heavy (non-hydrogen) atoms. The molecule has 15 heteroatoms. The van der Waals surface area contributed by atoms with E-state index < -0.39 is 72.9 Å². The Morgan fingerprint density at radius 1 is 1.02 bits per heavy atom. The minimum atomic E-state index is -3.40. The summed E-state index contributed by atoms with van der Waals surface area (Å²) >= 11 is 25.0. The van der Waals surface area contributed by atoms with Crippen LogP contribution in [-0.2, 0) is 23.9 Å². The zero-order chi connectivity index (χ0) is 32.0. The van der Waals surface area contributed by atoms with Crippen molar-refractivity contribution < 1.29 is 37.4 Å². The first-order valence-corrected chi connectivity index (χ1v) is 14.4. The minimum Gasteiger partial charge on any atom is -0.427 e. The number of fused-ring (bicyclic) bond motifs is 2. The summed E-state index contributed by atoms with van der Waals surface area (Å²) in [6.07, 6.45) is -0.937. The SMILES string of the molecule is CN(C(=O)[C@H]1[C@@H](C(=O)OCOC(=O)C(C)(C)C)c2cc(Cl)cc(Cl)c2NC(=O)N2CC(F)(F)C[C@@H]12)c1cc(Cl)cc(Cl)c1. The van der Waals surface area contributed by atoms with Crippen LogP contribution in [0.5, 0.6) is 0 Å². The number of esters is 2. The van der Waals surface area contributed by atoms with Gasteiger partial charge in [-0.1, -0.05) is 46.4 Å². The highest BCUT2D eigenvalue weighted by Crippen LogP contribution is 2.47. The molecule has 0 unspecified atom stereocenters. The van der Waals surface area contributed by atoms with Crippen LogP contribution >= 0.6 is 46.4 Å². The molecule has 1 N–H and O–H groups in total. The summed E-state index contributed by atoms with van der Waals surface area (Å²) in [5, 5.41) is 2.79. The van der Waals surface area contributed by atoms with Crippen LogP contribution in [0, 0.1) is 11.3 Å². The number of nitrogens with zero attached hydrogens (tertiary/aromatic N) is 2. The number of nitrogens with one attached hydrogen (secondary N) is 1. The van der Waals surface area contributed by atoms with Crippen LogP contribution in [0.25, 0.3) is 0 Å². The van der Waals surface area contributed by atoms with Crippen LogP contribution in [0.2, 0.25) is 20.1 Å². The van der Waals surface area contributed by atoms with Crippen molar-refractivity contribution in [2.24, 2.45) is 11.3 Å². The van der Waals surface area contributed by atoms with Crippen LogP contribution in [0.15, 0.2) is 30.3 Å². The molecule has 0 saturated carbocycles. The van der Waals surface area contributed by atoms with E-state index in [1.807, 2.05) is 0 Å². The number of carbonyl (C=O) groups excluding carboxylic acids is 4. The lowest BCUT2D eigenvalue weighted by molar-refractivity contribution is -0.175. The van der Waals surface area contributed by atoms with E-state index in [2.05, 4.69) is 5.32 Å². The molecular weight excluding hydrogens is 654 g/mol. The number of hydrogen-bond acceptors (Lipinski definition) is 6. The lowest BCUT2D eigenvalue weighted by Gasteiger charge is -2.39. The van der Waals surface area contributed by atoms with E-state index in [9.17, 15) is 28.0 Å². The van der Waals surface area contributed by atoms with Gasteiger partial charge in [-0.25, -0.2) is 13.6 Å². The number of amides is 3. The van der Waals surface area contributed by atoms with Gasteiger partial charge in [0.25, 0.3) is 5.92 Å². The first kappa shape index (κ1) is 33.0. The molecular formula is C28H27Cl4F2N3O6. The van der Waals surface area contributed by atoms with Gasteiger partial charge >= 0.3 is 18.0 Å². The maximum Gasteiger partial charge on any atom is 0.322 e. The summed E-state index contributed by atoms with van der Waals surface area (Å²) in [5.41, 5.74) is -0.894. The number of carbonyl (C=O) groups is 4. The van der Waals surface area contributed by atoms with Gasteiger partial charge in [-0.05, 0) is 56.7 Å². The third kappa shape index (κ3) is 7.11. The molecule has 3 amide bonds. The van der Waals surface area contributed by atoms with Gasteiger partial charge < -0.3 is 24.6 Å². The molecule has 2 heterocycles. The third-order valence-corrected chi connectivity index (χ3v) is 8.06. The third-order valence-electron chi connectivity index (χ3n) is 7.10. The zero-order valence-corrected chi connectivity index (χ0v) is 26.4. The van der Waals surface area contributed by atoms with Gasteiger partial charge in [0.05, 0.1) is 40.5 Å². The summed E-state index contributed by atoms with van der Waals surface area (Å²) in [6, 6.07) is 4.40. The highest BCUT2D eigenvalue weighted by Gasteiger charge is 2.57. The second kappa shape index (κ2) is 12.3. The molecule has 0 spiro atoms. The molecule has 2 aromatic carbocycles. The van der Waals surface area contributed by atoms with E-state index in [-0.39, 0.29) is 37.0 Å². The number of anilines is 2. The molecule has 0 aliphatic carbocycles. The van der Waals surface area contributed by atoms with Crippen molar-refractivity contribution in [2.75, 3.05) is 30.6 Å². The molecule has 1 saturated heterocycles. The minimum absolute atomic E-state index is 0.0327. The number of alkyl halides is 2. The van der Waals surface area contributed by atoms with Crippen molar-refractivity contribution in [1.82, 2.24) is 4.90 Å². The summed E-state index contributed by atoms with van der Waals surface area (Å²) in [4.78, 5) is 55.7. The predicted molar refractivity (Wildman–Crippen MR) is 158 cm³/mol. The Morgan fingerprint density at radius 2 is 1.63 bits per heavy atom. The summed E-state index contributed by atoms with van der Waals surface area (Å²) in [7, 11) is 1.35. The number of benzene rings is 2. The number of ether oxygens (including phenoxy) is 2. The standard InChI is InChI=1S/C28H27Cl4F2N3O6/c1-27(2,3)25(40)43-12-42-24(39)20-17-8-15(31)9-18(32)22(17)35-26(41)37-11-28(33,34)10-19(37)21(20)23(38)36(4)16-6-13(29)5-14(30)7-16/h5-9,19-21H,10-12H2,1-4H3,(H,35,41)/t19-,20-,21+/m0/s1. The van der Waals surface area contributed by atoms with E-state index in [4.69, 9.17) is 55.9 Å². The Bertz CT molecular complexity index is 1460. The Kier molecular flexibility index (Phi) is 9.42. The topological polar surface area (TPSA) is 105 Å². The van der Waals surface area contributed by atoms with E-state index in [0.29, 0.717) is 0 Å². The maximum absolute atomic E-state index is 15.0. The normalized spacial score (nSPS) is 21.1. The van der Waals surface area contributed by atoms with Crippen molar-refractivity contribution >= 4 is 81.7 Å². The van der Waals surface area contributed by atoms with Crippen LogP contribution in [0.1, 0.15) is 38.7 Å². The summed E-state index contributed by atoms with van der Waals surface area (Å²) < 4.78 is 40.3. The number of hydrogen-bond donors (Lipinski definition) is 1. The Balaban J connectivity index is 1.88. The zero-order valence-electron chi connectivity index (χ0n) is 23.4. The molecule has 3 atom stereocenters.